The largest absolute Gasteiger partial charge is 0.496 e. The Balaban J connectivity index is 2.22. The highest BCUT2D eigenvalue weighted by Crippen LogP contribution is 2.26. The highest BCUT2D eigenvalue weighted by molar-refractivity contribution is 9.10. The van der Waals surface area contributed by atoms with Gasteiger partial charge in [0.15, 0.2) is 5.96 Å². The van der Waals surface area contributed by atoms with E-state index in [1.807, 2.05) is 36.9 Å². The molecule has 2 aromatic carbocycles. The topological polar surface area (TPSA) is 71.2 Å². The molecule has 6 nitrogen and oxygen atoms in total. The van der Waals surface area contributed by atoms with Crippen LogP contribution in [0.2, 0.25) is 0 Å². The van der Waals surface area contributed by atoms with Crippen LogP contribution >= 0.6 is 15.9 Å². The van der Waals surface area contributed by atoms with Crippen LogP contribution in [-0.2, 0) is 12.8 Å². The molecule has 1 atom stereocenters. The molecule has 0 aliphatic heterocycles. The standard InChI is InChI=1S/C29H42BrFN4O2/c1-7-34(8-2)18-10-11-21(5)35(20(3)4)29(32)33-28(36)25-12-9-13-26(31)24(25)16-14-22-19-23(30)15-17-27(22)37-6/h9,12-13,15,17,19-21H,7-8,10-11,14,16,18H2,1-6H3,(H2,32,33,36). The molecule has 2 rings (SSSR count). The lowest BCUT2D eigenvalue weighted by atomic mass is 9.98. The molecular weight excluding hydrogens is 535 g/mol. The zero-order valence-electron chi connectivity index (χ0n) is 23.1. The van der Waals surface area contributed by atoms with Gasteiger partial charge in [0, 0.05) is 27.7 Å². The molecular formula is C29H42BrFN4O2. The molecule has 37 heavy (non-hydrogen) atoms. The molecule has 0 saturated carbocycles. The number of halogens is 2. The Kier molecular flexibility index (Phi) is 12.5. The molecule has 1 amide bonds. The van der Waals surface area contributed by atoms with Crippen molar-refractivity contribution >= 4 is 27.8 Å². The molecule has 204 valence electrons. The summed E-state index contributed by atoms with van der Waals surface area (Å²) in [6.07, 6.45) is 2.79. The van der Waals surface area contributed by atoms with Crippen molar-refractivity contribution in [1.29, 1.82) is 0 Å². The highest BCUT2D eigenvalue weighted by Gasteiger charge is 2.22. The SMILES string of the molecule is CCN(CC)CCCC(C)N(C(N)=NC(=O)c1cccc(F)c1CCc1cc(Br)ccc1OC)C(C)C. The summed E-state index contributed by atoms with van der Waals surface area (Å²) < 4.78 is 21.3. The fraction of sp³-hybridized carbons (Fsp3) is 0.517. The van der Waals surface area contributed by atoms with Crippen LogP contribution in [0, 0.1) is 5.82 Å². The molecule has 2 N–H and O–H groups in total. The number of rotatable bonds is 13. The Morgan fingerprint density at radius 2 is 1.84 bits per heavy atom. The number of hydrogen-bond donors (Lipinski definition) is 1. The lowest BCUT2D eigenvalue weighted by molar-refractivity contribution is 0.0998. The van der Waals surface area contributed by atoms with Crippen LogP contribution in [-0.4, -0.2) is 60.5 Å². The van der Waals surface area contributed by atoms with Gasteiger partial charge in [-0.25, -0.2) is 4.39 Å². The van der Waals surface area contributed by atoms with E-state index in [0.717, 1.165) is 48.3 Å². The number of amides is 1. The molecule has 8 heteroatoms. The van der Waals surface area contributed by atoms with Gasteiger partial charge in [-0.15, -0.1) is 0 Å². The number of aliphatic imine (C=N–C) groups is 1. The van der Waals surface area contributed by atoms with Gasteiger partial charge in [0.2, 0.25) is 0 Å². The number of benzene rings is 2. The van der Waals surface area contributed by atoms with E-state index >= 15 is 0 Å². The number of methoxy groups -OCH3 is 1. The van der Waals surface area contributed by atoms with Crippen LogP contribution in [0.15, 0.2) is 45.9 Å². The molecule has 0 radical (unpaired) electrons. The van der Waals surface area contributed by atoms with E-state index in [9.17, 15) is 9.18 Å². The van der Waals surface area contributed by atoms with E-state index in [1.165, 1.54) is 12.1 Å². The summed E-state index contributed by atoms with van der Waals surface area (Å²) in [7, 11) is 1.60. The lowest BCUT2D eigenvalue weighted by Crippen LogP contribution is -2.48. The van der Waals surface area contributed by atoms with Crippen LogP contribution in [0.25, 0.3) is 0 Å². The maximum Gasteiger partial charge on any atom is 0.280 e. The quantitative estimate of drug-likeness (QED) is 0.232. The first-order valence-electron chi connectivity index (χ1n) is 13.1. The van der Waals surface area contributed by atoms with Gasteiger partial charge in [0.05, 0.1) is 7.11 Å². The van der Waals surface area contributed by atoms with Gasteiger partial charge in [-0.2, -0.15) is 4.99 Å². The zero-order valence-corrected chi connectivity index (χ0v) is 24.6. The van der Waals surface area contributed by atoms with E-state index in [0.29, 0.717) is 18.4 Å². The summed E-state index contributed by atoms with van der Waals surface area (Å²) in [5.74, 6) is -0.0790. The molecule has 0 aromatic heterocycles. The fourth-order valence-corrected chi connectivity index (χ4v) is 5.13. The number of nitrogens with two attached hydrogens (primary N) is 1. The first kappa shape index (κ1) is 30.8. The van der Waals surface area contributed by atoms with Gasteiger partial charge in [-0.05, 0) is 102 Å². The molecule has 0 spiro atoms. The molecule has 0 fully saturated rings. The monoisotopic (exact) mass is 576 g/mol. The molecule has 0 aliphatic carbocycles. The number of aryl methyl sites for hydroxylation is 1. The normalized spacial score (nSPS) is 12.8. The maximum absolute atomic E-state index is 14.9. The Labute approximate surface area is 230 Å². The third-order valence-corrected chi connectivity index (χ3v) is 7.23. The average molecular weight is 578 g/mol. The second-order valence-electron chi connectivity index (χ2n) is 9.52. The highest BCUT2D eigenvalue weighted by atomic mass is 79.9. The fourth-order valence-electron chi connectivity index (χ4n) is 4.73. The third-order valence-electron chi connectivity index (χ3n) is 6.74. The minimum absolute atomic E-state index is 0.0657. The third kappa shape index (κ3) is 8.82. The minimum atomic E-state index is -0.533. The van der Waals surface area contributed by atoms with E-state index in [2.05, 4.69) is 46.6 Å². The van der Waals surface area contributed by atoms with E-state index < -0.39 is 11.7 Å². The molecule has 0 saturated heterocycles. The predicted molar refractivity (Wildman–Crippen MR) is 154 cm³/mol. The van der Waals surface area contributed by atoms with Gasteiger partial charge in [0.1, 0.15) is 11.6 Å². The average Bonchev–Trinajstić information content (AvgIpc) is 2.85. The van der Waals surface area contributed by atoms with E-state index in [1.54, 1.807) is 13.2 Å². The Hall–Kier alpha value is -2.45. The number of carbonyl (C=O) groups excluding carboxylic acids is 1. The summed E-state index contributed by atoms with van der Waals surface area (Å²) in [6.45, 7) is 13.6. The first-order valence-corrected chi connectivity index (χ1v) is 13.9. The summed E-state index contributed by atoms with van der Waals surface area (Å²) in [6, 6.07) is 10.4. The van der Waals surface area contributed by atoms with Crippen LogP contribution in [0.4, 0.5) is 4.39 Å². The summed E-state index contributed by atoms with van der Waals surface area (Å²) >= 11 is 3.48. The number of carbonyl (C=O) groups is 1. The van der Waals surface area contributed by atoms with Crippen LogP contribution < -0.4 is 10.5 Å². The van der Waals surface area contributed by atoms with Crippen molar-refractivity contribution < 1.29 is 13.9 Å². The van der Waals surface area contributed by atoms with Crippen molar-refractivity contribution in [3.8, 4) is 5.75 Å². The smallest absolute Gasteiger partial charge is 0.280 e. The van der Waals surface area contributed by atoms with Crippen molar-refractivity contribution in [3.63, 3.8) is 0 Å². The number of ether oxygens (including phenoxy) is 1. The number of hydrogen-bond acceptors (Lipinski definition) is 3. The summed E-state index contributed by atoms with van der Waals surface area (Å²) in [5.41, 5.74) is 7.86. The van der Waals surface area contributed by atoms with Crippen LogP contribution in [0.1, 0.15) is 68.9 Å². The summed E-state index contributed by atoms with van der Waals surface area (Å²) in [4.78, 5) is 21.9. The Bertz CT molecular complexity index is 1060. The zero-order chi connectivity index (χ0) is 27.5. The first-order chi connectivity index (χ1) is 17.6. The molecule has 0 aliphatic rings. The van der Waals surface area contributed by atoms with Crippen molar-refractivity contribution in [2.24, 2.45) is 10.7 Å². The maximum atomic E-state index is 14.9. The van der Waals surface area contributed by atoms with E-state index in [4.69, 9.17) is 10.5 Å². The van der Waals surface area contributed by atoms with Gasteiger partial charge in [-0.3, -0.25) is 4.79 Å². The number of nitrogens with zero attached hydrogens (tertiary/aromatic N) is 3. The molecule has 1 unspecified atom stereocenters. The van der Waals surface area contributed by atoms with Gasteiger partial charge in [0.25, 0.3) is 5.91 Å². The van der Waals surface area contributed by atoms with Crippen LogP contribution in [0.5, 0.6) is 5.75 Å². The van der Waals surface area contributed by atoms with Crippen LogP contribution in [0.3, 0.4) is 0 Å². The van der Waals surface area contributed by atoms with Crippen molar-refractivity contribution in [3.05, 3.63) is 63.4 Å². The molecule has 2 aromatic rings. The second-order valence-corrected chi connectivity index (χ2v) is 10.4. The van der Waals surface area contributed by atoms with Crippen molar-refractivity contribution in [1.82, 2.24) is 9.80 Å². The molecule has 0 bridgehead atoms. The van der Waals surface area contributed by atoms with Crippen molar-refractivity contribution in [2.75, 3.05) is 26.7 Å². The lowest BCUT2D eigenvalue weighted by Gasteiger charge is -2.34. The van der Waals surface area contributed by atoms with Gasteiger partial charge < -0.3 is 20.3 Å². The molecule has 0 heterocycles. The Morgan fingerprint density at radius 1 is 1.14 bits per heavy atom. The van der Waals surface area contributed by atoms with Gasteiger partial charge in [-0.1, -0.05) is 35.8 Å². The minimum Gasteiger partial charge on any atom is -0.496 e. The van der Waals surface area contributed by atoms with E-state index in [-0.39, 0.29) is 23.6 Å². The van der Waals surface area contributed by atoms with Crippen molar-refractivity contribution in [2.45, 2.75) is 72.4 Å². The number of guanidine groups is 1. The Morgan fingerprint density at radius 3 is 2.46 bits per heavy atom. The summed E-state index contributed by atoms with van der Waals surface area (Å²) in [5, 5.41) is 0. The predicted octanol–water partition coefficient (Wildman–Crippen LogP) is 6.06. The van der Waals surface area contributed by atoms with Gasteiger partial charge >= 0.3 is 0 Å². The second kappa shape index (κ2) is 15.1.